The maximum atomic E-state index is 11.0. The van der Waals surface area contributed by atoms with E-state index in [0.29, 0.717) is 6.54 Å². The van der Waals surface area contributed by atoms with Crippen molar-refractivity contribution in [1.29, 1.82) is 0 Å². The standard InChI is InChI=1S/C6H10N2O/c7-4-3-8-5(9)6(4)1-2-6/h4H,1-3,7H2,(H,8,9)/t4-/m1/s1. The quantitative estimate of drug-likeness (QED) is 0.447. The molecule has 50 valence electrons. The van der Waals surface area contributed by atoms with Crippen LogP contribution in [0.2, 0.25) is 0 Å². The summed E-state index contributed by atoms with van der Waals surface area (Å²) in [5.41, 5.74) is 5.57. The molecule has 2 aliphatic rings. The highest BCUT2D eigenvalue weighted by Crippen LogP contribution is 2.50. The van der Waals surface area contributed by atoms with Gasteiger partial charge in [-0.2, -0.15) is 0 Å². The summed E-state index contributed by atoms with van der Waals surface area (Å²) in [6.45, 7) is 0.679. The molecule has 0 aromatic heterocycles. The van der Waals surface area contributed by atoms with Crippen LogP contribution in [0.3, 0.4) is 0 Å². The van der Waals surface area contributed by atoms with E-state index in [2.05, 4.69) is 5.32 Å². The minimum atomic E-state index is -0.111. The van der Waals surface area contributed by atoms with Crippen LogP contribution in [0.15, 0.2) is 0 Å². The second kappa shape index (κ2) is 1.29. The second-order valence-corrected chi connectivity index (χ2v) is 2.97. The maximum absolute atomic E-state index is 11.0. The van der Waals surface area contributed by atoms with Crippen molar-refractivity contribution in [3.63, 3.8) is 0 Å². The zero-order chi connectivity index (χ0) is 6.48. The van der Waals surface area contributed by atoms with Crippen LogP contribution in [0.1, 0.15) is 12.8 Å². The smallest absolute Gasteiger partial charge is 0.227 e. The molecule has 1 aliphatic carbocycles. The van der Waals surface area contributed by atoms with E-state index < -0.39 is 0 Å². The molecule has 1 atom stereocenters. The van der Waals surface area contributed by atoms with Crippen LogP contribution in [-0.2, 0) is 4.79 Å². The first-order valence-electron chi connectivity index (χ1n) is 3.30. The van der Waals surface area contributed by atoms with E-state index in [0.717, 1.165) is 12.8 Å². The molecule has 3 heteroatoms. The van der Waals surface area contributed by atoms with Gasteiger partial charge in [0.1, 0.15) is 0 Å². The largest absolute Gasteiger partial charge is 0.354 e. The van der Waals surface area contributed by atoms with Gasteiger partial charge in [-0.05, 0) is 12.8 Å². The Morgan fingerprint density at radius 3 is 2.56 bits per heavy atom. The van der Waals surface area contributed by atoms with Crippen LogP contribution in [0.5, 0.6) is 0 Å². The molecule has 1 saturated heterocycles. The Bertz CT molecular complexity index is 162. The molecule has 2 fully saturated rings. The Kier molecular flexibility index (Phi) is 0.750. The molecule has 2 rings (SSSR count). The summed E-state index contributed by atoms with van der Waals surface area (Å²) in [5, 5.41) is 2.76. The lowest BCUT2D eigenvalue weighted by molar-refractivity contribution is -0.123. The van der Waals surface area contributed by atoms with Crippen molar-refractivity contribution in [2.24, 2.45) is 11.1 Å². The minimum Gasteiger partial charge on any atom is -0.354 e. The first-order valence-corrected chi connectivity index (χ1v) is 3.30. The number of nitrogens with two attached hydrogens (primary N) is 1. The zero-order valence-electron chi connectivity index (χ0n) is 5.18. The number of nitrogens with one attached hydrogen (secondary N) is 1. The number of rotatable bonds is 0. The number of carbonyl (C=O) groups is 1. The van der Waals surface area contributed by atoms with Crippen LogP contribution in [0.4, 0.5) is 0 Å². The Morgan fingerprint density at radius 2 is 2.33 bits per heavy atom. The van der Waals surface area contributed by atoms with Gasteiger partial charge in [-0.3, -0.25) is 4.79 Å². The minimum absolute atomic E-state index is 0.0880. The zero-order valence-corrected chi connectivity index (χ0v) is 5.18. The van der Waals surface area contributed by atoms with Crippen molar-refractivity contribution in [2.75, 3.05) is 6.54 Å². The van der Waals surface area contributed by atoms with Gasteiger partial charge in [-0.1, -0.05) is 0 Å². The van der Waals surface area contributed by atoms with Crippen LogP contribution >= 0.6 is 0 Å². The fraction of sp³-hybridized carbons (Fsp3) is 0.833. The van der Waals surface area contributed by atoms with Gasteiger partial charge in [0.2, 0.25) is 5.91 Å². The Morgan fingerprint density at radius 1 is 1.67 bits per heavy atom. The van der Waals surface area contributed by atoms with E-state index in [1.165, 1.54) is 0 Å². The van der Waals surface area contributed by atoms with Gasteiger partial charge in [-0.25, -0.2) is 0 Å². The van der Waals surface area contributed by atoms with Gasteiger partial charge < -0.3 is 11.1 Å². The Balaban J connectivity index is 2.26. The van der Waals surface area contributed by atoms with Crippen molar-refractivity contribution in [2.45, 2.75) is 18.9 Å². The lowest BCUT2D eigenvalue weighted by Crippen LogP contribution is -2.31. The summed E-state index contributed by atoms with van der Waals surface area (Å²) in [6, 6.07) is 0.0880. The Hall–Kier alpha value is -0.570. The molecule has 1 saturated carbocycles. The van der Waals surface area contributed by atoms with Crippen LogP contribution in [-0.4, -0.2) is 18.5 Å². The van der Waals surface area contributed by atoms with E-state index in [9.17, 15) is 4.79 Å². The molecule has 0 radical (unpaired) electrons. The molecular formula is C6H10N2O. The highest BCUT2D eigenvalue weighted by molar-refractivity contribution is 5.88. The summed E-state index contributed by atoms with van der Waals surface area (Å²) in [4.78, 5) is 11.0. The summed E-state index contributed by atoms with van der Waals surface area (Å²) < 4.78 is 0. The number of amides is 1. The molecule has 1 spiro atoms. The normalized spacial score (nSPS) is 37.0. The van der Waals surface area contributed by atoms with E-state index in [4.69, 9.17) is 5.73 Å². The summed E-state index contributed by atoms with van der Waals surface area (Å²) in [5.74, 6) is 0.176. The molecular weight excluding hydrogens is 116 g/mol. The molecule has 1 heterocycles. The summed E-state index contributed by atoms with van der Waals surface area (Å²) in [6.07, 6.45) is 2.00. The van der Waals surface area contributed by atoms with E-state index in [-0.39, 0.29) is 17.4 Å². The van der Waals surface area contributed by atoms with Crippen LogP contribution in [0.25, 0.3) is 0 Å². The molecule has 0 unspecified atom stereocenters. The van der Waals surface area contributed by atoms with Gasteiger partial charge in [0.15, 0.2) is 0 Å². The van der Waals surface area contributed by atoms with Crippen LogP contribution < -0.4 is 11.1 Å². The highest BCUT2D eigenvalue weighted by atomic mass is 16.2. The van der Waals surface area contributed by atoms with Gasteiger partial charge in [0.25, 0.3) is 0 Å². The monoisotopic (exact) mass is 126 g/mol. The van der Waals surface area contributed by atoms with Crippen molar-refractivity contribution in [3.8, 4) is 0 Å². The van der Waals surface area contributed by atoms with Crippen molar-refractivity contribution < 1.29 is 4.79 Å². The van der Waals surface area contributed by atoms with Gasteiger partial charge in [-0.15, -0.1) is 0 Å². The van der Waals surface area contributed by atoms with Crippen LogP contribution in [0, 0.1) is 5.41 Å². The third-order valence-corrected chi connectivity index (χ3v) is 2.43. The van der Waals surface area contributed by atoms with Crippen molar-refractivity contribution >= 4 is 5.91 Å². The summed E-state index contributed by atoms with van der Waals surface area (Å²) >= 11 is 0. The van der Waals surface area contributed by atoms with Gasteiger partial charge in [0, 0.05) is 12.6 Å². The average Bonchev–Trinajstić information content (AvgIpc) is 2.56. The van der Waals surface area contributed by atoms with Gasteiger partial charge >= 0.3 is 0 Å². The number of hydrogen-bond acceptors (Lipinski definition) is 2. The molecule has 9 heavy (non-hydrogen) atoms. The summed E-state index contributed by atoms with van der Waals surface area (Å²) in [7, 11) is 0. The highest BCUT2D eigenvalue weighted by Gasteiger charge is 2.57. The van der Waals surface area contributed by atoms with E-state index >= 15 is 0 Å². The molecule has 0 aromatic carbocycles. The second-order valence-electron chi connectivity index (χ2n) is 2.97. The predicted molar refractivity (Wildman–Crippen MR) is 32.7 cm³/mol. The van der Waals surface area contributed by atoms with E-state index in [1.807, 2.05) is 0 Å². The van der Waals surface area contributed by atoms with Gasteiger partial charge in [0.05, 0.1) is 5.41 Å². The lowest BCUT2D eigenvalue weighted by atomic mass is 10.0. The van der Waals surface area contributed by atoms with E-state index in [1.54, 1.807) is 0 Å². The molecule has 3 N–H and O–H groups in total. The molecule has 1 aliphatic heterocycles. The molecule has 1 amide bonds. The fourth-order valence-corrected chi connectivity index (χ4v) is 1.47. The topological polar surface area (TPSA) is 55.1 Å². The maximum Gasteiger partial charge on any atom is 0.227 e. The number of carbonyl (C=O) groups excluding carboxylic acids is 1. The predicted octanol–water partition coefficient (Wildman–Crippen LogP) is -0.776. The molecule has 0 bridgehead atoms. The third-order valence-electron chi connectivity index (χ3n) is 2.43. The Labute approximate surface area is 53.6 Å². The molecule has 0 aromatic rings. The first-order chi connectivity index (χ1) is 4.26. The lowest BCUT2D eigenvalue weighted by Gasteiger charge is -2.06. The van der Waals surface area contributed by atoms with Crippen molar-refractivity contribution in [1.82, 2.24) is 5.32 Å². The van der Waals surface area contributed by atoms with Crippen molar-refractivity contribution in [3.05, 3.63) is 0 Å². The SMILES string of the molecule is N[C@@H]1CNC(=O)C12CC2. The first kappa shape index (κ1) is 5.23. The molecule has 3 nitrogen and oxygen atoms in total. The average molecular weight is 126 g/mol. The number of hydrogen-bond donors (Lipinski definition) is 2. The fourth-order valence-electron chi connectivity index (χ4n) is 1.47. The third kappa shape index (κ3) is 0.477.